The van der Waals surface area contributed by atoms with Crippen LogP contribution in [0, 0.1) is 5.82 Å². The molecule has 1 saturated carbocycles. The van der Waals surface area contributed by atoms with E-state index in [9.17, 15) is 9.50 Å². The van der Waals surface area contributed by atoms with Crippen molar-refractivity contribution in [1.29, 1.82) is 0 Å². The van der Waals surface area contributed by atoms with Crippen molar-refractivity contribution in [3.05, 3.63) is 36.4 Å². The van der Waals surface area contributed by atoms with Crippen molar-refractivity contribution in [2.45, 2.75) is 31.2 Å². The Morgan fingerprint density at radius 1 is 1.28 bits per heavy atom. The van der Waals surface area contributed by atoms with Gasteiger partial charge in [0, 0.05) is 12.1 Å². The smallest absolute Gasteiger partial charge is 0.230 e. The van der Waals surface area contributed by atoms with E-state index in [0.717, 1.165) is 25.7 Å². The predicted octanol–water partition coefficient (Wildman–Crippen LogP) is 1.41. The van der Waals surface area contributed by atoms with E-state index >= 15 is 0 Å². The summed E-state index contributed by atoms with van der Waals surface area (Å²) < 4.78 is 19.0. The average Bonchev–Trinajstić information content (AvgIpc) is 3.21. The first-order valence-corrected chi connectivity index (χ1v) is 9.19. The number of anilines is 2. The molecule has 0 amide bonds. The van der Waals surface area contributed by atoms with Crippen molar-refractivity contribution in [2.24, 2.45) is 10.8 Å². The minimum atomic E-state index is -0.557. The van der Waals surface area contributed by atoms with Crippen molar-refractivity contribution in [3.63, 3.8) is 0 Å². The molecule has 29 heavy (non-hydrogen) atoms. The number of aliphatic hydroxyl groups is 1. The average molecular weight is 404 g/mol. The van der Waals surface area contributed by atoms with Crippen LogP contribution in [0.5, 0.6) is 5.75 Å². The number of aliphatic imine (C=N–C) groups is 1. The van der Waals surface area contributed by atoms with Crippen LogP contribution in [0.15, 0.2) is 35.6 Å². The summed E-state index contributed by atoms with van der Waals surface area (Å²) >= 11 is 0. The molecule has 0 bridgehead atoms. The molecule has 10 nitrogen and oxygen atoms in total. The van der Waals surface area contributed by atoms with Gasteiger partial charge in [-0.1, -0.05) is 12.8 Å². The zero-order valence-electron chi connectivity index (χ0n) is 16.1. The molecular weight excluding hydrogens is 379 g/mol. The molecule has 0 spiro atoms. The zero-order chi connectivity index (χ0) is 20.7. The molecule has 0 aliphatic heterocycles. The Bertz CT molecular complexity index is 858. The quantitative estimate of drug-likeness (QED) is 0.175. The number of hydrogen-bond acceptors (Lipinski definition) is 8. The number of nitrogens with zero attached hydrogens (tertiary/aromatic N) is 3. The summed E-state index contributed by atoms with van der Waals surface area (Å²) in [5.41, 5.74) is 7.64. The number of hydrazine groups is 2. The first kappa shape index (κ1) is 20.6. The van der Waals surface area contributed by atoms with Crippen LogP contribution < -0.4 is 32.2 Å². The van der Waals surface area contributed by atoms with Gasteiger partial charge in [0.25, 0.3) is 0 Å². The highest BCUT2D eigenvalue weighted by Gasteiger charge is 2.33. The standard InChI is InChI=1S/C18H25FN8O2/c1-29-12-4-5-14(13(19)8-12)23-17(25-20)27-26-16-9-15(21-11-22-16)24-18(10-28)6-2-3-7-18/h4-5,8-9,11,28H,2-3,6-7,10,20H2,1H3,(H2,23,25,27)(H2,21,22,24,26). The van der Waals surface area contributed by atoms with Gasteiger partial charge in [-0.2, -0.15) is 0 Å². The maximum atomic E-state index is 14.1. The highest BCUT2D eigenvalue weighted by Crippen LogP contribution is 2.32. The van der Waals surface area contributed by atoms with Gasteiger partial charge >= 0.3 is 0 Å². The summed E-state index contributed by atoms with van der Waals surface area (Å²) in [5.74, 6) is 6.39. The molecular formula is C18H25FN8O2. The van der Waals surface area contributed by atoms with Crippen molar-refractivity contribution in [1.82, 2.24) is 20.8 Å². The molecule has 0 radical (unpaired) electrons. The molecule has 11 heteroatoms. The van der Waals surface area contributed by atoms with Crippen LogP contribution in [0.4, 0.5) is 21.7 Å². The molecule has 7 N–H and O–H groups in total. The number of rotatable bonds is 7. The minimum Gasteiger partial charge on any atom is -0.497 e. The van der Waals surface area contributed by atoms with Gasteiger partial charge in [-0.25, -0.2) is 25.2 Å². The van der Waals surface area contributed by atoms with Crippen LogP contribution >= 0.6 is 0 Å². The lowest BCUT2D eigenvalue weighted by atomic mass is 9.99. The van der Waals surface area contributed by atoms with Gasteiger partial charge in [0.1, 0.15) is 29.4 Å². The van der Waals surface area contributed by atoms with E-state index in [1.807, 2.05) is 0 Å². The third-order valence-electron chi connectivity index (χ3n) is 4.76. The zero-order valence-corrected chi connectivity index (χ0v) is 16.1. The molecule has 1 fully saturated rings. The molecule has 1 aliphatic carbocycles. The van der Waals surface area contributed by atoms with Crippen LogP contribution in [-0.2, 0) is 0 Å². The molecule has 1 heterocycles. The molecule has 0 saturated heterocycles. The summed E-state index contributed by atoms with van der Waals surface area (Å²) in [7, 11) is 1.45. The van der Waals surface area contributed by atoms with E-state index in [2.05, 4.69) is 36.6 Å². The van der Waals surface area contributed by atoms with Crippen LogP contribution in [0.2, 0.25) is 0 Å². The summed E-state index contributed by atoms with van der Waals surface area (Å²) in [6.45, 7) is 0.0410. The molecule has 2 aromatic rings. The topological polar surface area (TPSA) is 142 Å². The second-order valence-corrected chi connectivity index (χ2v) is 6.73. The van der Waals surface area contributed by atoms with Gasteiger partial charge in [-0.05, 0) is 25.0 Å². The van der Waals surface area contributed by atoms with Crippen LogP contribution in [0.25, 0.3) is 0 Å². The van der Waals surface area contributed by atoms with E-state index < -0.39 is 5.82 Å². The largest absolute Gasteiger partial charge is 0.497 e. The van der Waals surface area contributed by atoms with Gasteiger partial charge in [0.15, 0.2) is 5.82 Å². The highest BCUT2D eigenvalue weighted by molar-refractivity contribution is 5.83. The first-order chi connectivity index (χ1) is 14.1. The minimum absolute atomic E-state index is 0.0410. The second-order valence-electron chi connectivity index (χ2n) is 6.73. The Labute approximate surface area is 167 Å². The maximum Gasteiger partial charge on any atom is 0.230 e. The van der Waals surface area contributed by atoms with E-state index in [0.29, 0.717) is 17.4 Å². The molecule has 1 aromatic carbocycles. The monoisotopic (exact) mass is 404 g/mol. The Morgan fingerprint density at radius 2 is 2.03 bits per heavy atom. The number of nitrogens with two attached hydrogens (primary N) is 1. The van der Waals surface area contributed by atoms with Gasteiger partial charge < -0.3 is 15.2 Å². The van der Waals surface area contributed by atoms with Crippen LogP contribution in [-0.4, -0.2) is 40.3 Å². The Hall–Kier alpha value is -3.18. The SMILES string of the molecule is COc1ccc(N=C(NN)NNc2cc(NC3(CO)CCCC3)ncn2)c(F)c1. The third-order valence-corrected chi connectivity index (χ3v) is 4.76. The van der Waals surface area contributed by atoms with Gasteiger partial charge in [0.05, 0.1) is 19.3 Å². The number of halogens is 1. The molecule has 156 valence electrons. The Kier molecular flexibility index (Phi) is 6.62. The van der Waals surface area contributed by atoms with E-state index in [1.165, 1.54) is 25.6 Å². The number of guanidine groups is 1. The number of benzene rings is 1. The van der Waals surface area contributed by atoms with Crippen molar-refractivity contribution in [2.75, 3.05) is 24.5 Å². The number of nitrogens with one attached hydrogen (secondary N) is 4. The number of hydrogen-bond donors (Lipinski definition) is 6. The molecule has 0 unspecified atom stereocenters. The molecule has 1 aliphatic rings. The normalized spacial score (nSPS) is 15.7. The lowest BCUT2D eigenvalue weighted by Crippen LogP contribution is -2.44. The summed E-state index contributed by atoms with van der Waals surface area (Å²) in [6, 6.07) is 5.97. The van der Waals surface area contributed by atoms with Crippen molar-refractivity contribution in [3.8, 4) is 5.75 Å². The lowest BCUT2D eigenvalue weighted by Gasteiger charge is -2.28. The summed E-state index contributed by atoms with van der Waals surface area (Å²) in [4.78, 5) is 12.4. The fourth-order valence-corrected chi connectivity index (χ4v) is 3.19. The molecule has 1 aromatic heterocycles. The fraction of sp³-hybridized carbons (Fsp3) is 0.389. The Morgan fingerprint density at radius 3 is 2.69 bits per heavy atom. The number of methoxy groups -OCH3 is 1. The number of aromatic nitrogens is 2. The van der Waals surface area contributed by atoms with Crippen molar-refractivity contribution < 1.29 is 14.2 Å². The summed E-state index contributed by atoms with van der Waals surface area (Å²) in [5, 5.41) is 13.0. The van der Waals surface area contributed by atoms with Crippen molar-refractivity contribution >= 4 is 23.3 Å². The summed E-state index contributed by atoms with van der Waals surface area (Å²) in [6.07, 6.45) is 5.29. The maximum absolute atomic E-state index is 14.1. The first-order valence-electron chi connectivity index (χ1n) is 9.19. The van der Waals surface area contributed by atoms with Crippen LogP contribution in [0.1, 0.15) is 25.7 Å². The molecule has 3 rings (SSSR count). The van der Waals surface area contributed by atoms with E-state index in [4.69, 9.17) is 10.6 Å². The molecule has 0 atom stereocenters. The number of ether oxygens (including phenoxy) is 1. The lowest BCUT2D eigenvalue weighted by molar-refractivity contribution is 0.214. The predicted molar refractivity (Wildman–Crippen MR) is 108 cm³/mol. The highest BCUT2D eigenvalue weighted by atomic mass is 19.1. The fourth-order valence-electron chi connectivity index (χ4n) is 3.19. The second kappa shape index (κ2) is 9.34. The number of aliphatic hydroxyl groups excluding tert-OH is 1. The van der Waals surface area contributed by atoms with Gasteiger partial charge in [-0.3, -0.25) is 16.3 Å². The Balaban J connectivity index is 1.66. The van der Waals surface area contributed by atoms with Gasteiger partial charge in [-0.15, -0.1) is 0 Å². The van der Waals surface area contributed by atoms with Gasteiger partial charge in [0.2, 0.25) is 5.96 Å². The van der Waals surface area contributed by atoms with Crippen LogP contribution in [0.3, 0.4) is 0 Å². The van der Waals surface area contributed by atoms with E-state index in [-0.39, 0.29) is 23.8 Å². The third kappa shape index (κ3) is 5.21. The van der Waals surface area contributed by atoms with E-state index in [1.54, 1.807) is 12.1 Å².